The van der Waals surface area contributed by atoms with Gasteiger partial charge in [0.15, 0.2) is 5.11 Å². The summed E-state index contributed by atoms with van der Waals surface area (Å²) < 4.78 is 5.75. The molecule has 0 fully saturated rings. The Morgan fingerprint density at radius 2 is 1.68 bits per heavy atom. The first-order valence-electron chi connectivity index (χ1n) is 7.25. The third-order valence-corrected chi connectivity index (χ3v) is 3.34. The number of ether oxygens (including phenoxy) is 1. The average molecular weight is 315 g/mol. The maximum Gasteiger partial charge on any atom is 0.166 e. The predicted octanol–water partition coefficient (Wildman–Crippen LogP) is 2.19. The van der Waals surface area contributed by atoms with Gasteiger partial charge in [0.05, 0.1) is 0 Å². The Labute approximate surface area is 136 Å². The summed E-state index contributed by atoms with van der Waals surface area (Å²) in [6.45, 7) is 2.49. The van der Waals surface area contributed by atoms with Crippen molar-refractivity contribution in [2.75, 3.05) is 13.1 Å². The summed E-state index contributed by atoms with van der Waals surface area (Å²) >= 11 is 5.14. The summed E-state index contributed by atoms with van der Waals surface area (Å²) in [5, 5.41) is 6.78. The zero-order valence-corrected chi connectivity index (χ0v) is 13.2. The lowest BCUT2D eigenvalue weighted by molar-refractivity contribution is 0.306. The number of hydrogen-bond acceptors (Lipinski definition) is 3. The molecule has 5 heteroatoms. The molecule has 2 aromatic carbocycles. The van der Waals surface area contributed by atoms with Crippen LogP contribution in [0.3, 0.4) is 0 Å². The van der Waals surface area contributed by atoms with Gasteiger partial charge < -0.3 is 21.1 Å². The molecular weight excluding hydrogens is 294 g/mol. The molecule has 22 heavy (non-hydrogen) atoms. The third kappa shape index (κ3) is 5.71. The van der Waals surface area contributed by atoms with E-state index in [1.807, 2.05) is 54.6 Å². The highest BCUT2D eigenvalue weighted by Crippen LogP contribution is 2.14. The molecule has 0 aromatic heterocycles. The van der Waals surface area contributed by atoms with E-state index >= 15 is 0 Å². The smallest absolute Gasteiger partial charge is 0.166 e. The third-order valence-electron chi connectivity index (χ3n) is 3.05. The molecule has 2 aromatic rings. The fraction of sp³-hybridized carbons (Fsp3) is 0.235. The molecule has 0 amide bonds. The van der Waals surface area contributed by atoms with E-state index in [9.17, 15) is 0 Å². The van der Waals surface area contributed by atoms with Crippen LogP contribution in [0.5, 0.6) is 5.75 Å². The highest BCUT2D eigenvalue weighted by Gasteiger charge is 1.98. The lowest BCUT2D eigenvalue weighted by atomic mass is 10.2. The van der Waals surface area contributed by atoms with Gasteiger partial charge in [-0.15, -0.1) is 0 Å². The summed E-state index contributed by atoms with van der Waals surface area (Å²) in [7, 11) is 0. The zero-order valence-electron chi connectivity index (χ0n) is 12.4. The van der Waals surface area contributed by atoms with Gasteiger partial charge >= 0.3 is 0 Å². The van der Waals surface area contributed by atoms with Crippen molar-refractivity contribution in [1.29, 1.82) is 0 Å². The van der Waals surface area contributed by atoms with Crippen molar-refractivity contribution in [1.82, 2.24) is 10.6 Å². The van der Waals surface area contributed by atoms with Crippen LogP contribution < -0.4 is 21.1 Å². The maximum atomic E-state index is 5.75. The Hall–Kier alpha value is -2.11. The largest absolute Gasteiger partial charge is 0.489 e. The minimum absolute atomic E-state index is 0.565. The Kier molecular flexibility index (Phi) is 6.67. The Bertz CT molecular complexity index is 572. The first-order valence-corrected chi connectivity index (χ1v) is 7.66. The van der Waals surface area contributed by atoms with Gasteiger partial charge in [-0.1, -0.05) is 42.5 Å². The summed E-state index contributed by atoms with van der Waals surface area (Å²) in [6.07, 6.45) is 0. The standard InChI is InChI=1S/C17H21N3OS/c18-10-11-19-17(22)20-12-14-6-8-16(9-7-14)21-13-15-4-2-1-3-5-15/h1-9H,10-13,18H2,(H2,19,20,22). The molecule has 2 rings (SSSR count). The average Bonchev–Trinajstić information content (AvgIpc) is 2.58. The molecule has 0 aliphatic rings. The zero-order chi connectivity index (χ0) is 15.6. The molecule has 0 radical (unpaired) electrons. The summed E-state index contributed by atoms with van der Waals surface area (Å²) in [6, 6.07) is 18.1. The minimum Gasteiger partial charge on any atom is -0.489 e. The van der Waals surface area contributed by atoms with Crippen molar-refractivity contribution in [3.05, 3.63) is 65.7 Å². The highest BCUT2D eigenvalue weighted by atomic mass is 32.1. The lowest BCUT2D eigenvalue weighted by Gasteiger charge is -2.10. The quantitative estimate of drug-likeness (QED) is 0.684. The van der Waals surface area contributed by atoms with Crippen LogP contribution in [0.1, 0.15) is 11.1 Å². The molecular formula is C17H21N3OS. The van der Waals surface area contributed by atoms with Crippen LogP contribution in [0.15, 0.2) is 54.6 Å². The molecule has 0 aliphatic heterocycles. The summed E-state index contributed by atoms with van der Waals surface area (Å²) in [5.74, 6) is 0.858. The molecule has 0 aliphatic carbocycles. The van der Waals surface area contributed by atoms with Crippen molar-refractivity contribution in [3.63, 3.8) is 0 Å². The maximum absolute atomic E-state index is 5.75. The van der Waals surface area contributed by atoms with Crippen molar-refractivity contribution in [3.8, 4) is 5.75 Å². The first kappa shape index (κ1) is 16.3. The van der Waals surface area contributed by atoms with Crippen LogP contribution in [0, 0.1) is 0 Å². The SMILES string of the molecule is NCCNC(=S)NCc1ccc(OCc2ccccc2)cc1. The van der Waals surface area contributed by atoms with Gasteiger partial charge in [-0.25, -0.2) is 0 Å². The van der Waals surface area contributed by atoms with E-state index in [1.165, 1.54) is 0 Å². The summed E-state index contributed by atoms with van der Waals surface area (Å²) in [4.78, 5) is 0. The Morgan fingerprint density at radius 1 is 0.955 bits per heavy atom. The second-order valence-electron chi connectivity index (χ2n) is 4.82. The molecule has 0 atom stereocenters. The monoisotopic (exact) mass is 315 g/mol. The minimum atomic E-state index is 0.565. The van der Waals surface area contributed by atoms with E-state index in [0.29, 0.717) is 31.4 Å². The van der Waals surface area contributed by atoms with Crippen molar-refractivity contribution in [2.24, 2.45) is 5.73 Å². The second kappa shape index (κ2) is 9.02. The van der Waals surface area contributed by atoms with Crippen LogP contribution in [0.2, 0.25) is 0 Å². The van der Waals surface area contributed by atoms with Gasteiger partial charge in [0, 0.05) is 19.6 Å². The van der Waals surface area contributed by atoms with E-state index in [4.69, 9.17) is 22.7 Å². The molecule has 0 bridgehead atoms. The molecule has 0 saturated carbocycles. The first-order chi connectivity index (χ1) is 10.8. The summed E-state index contributed by atoms with van der Waals surface area (Å²) in [5.41, 5.74) is 7.71. The lowest BCUT2D eigenvalue weighted by Crippen LogP contribution is -2.37. The van der Waals surface area contributed by atoms with Crippen LogP contribution in [0.4, 0.5) is 0 Å². The molecule has 4 nitrogen and oxygen atoms in total. The molecule has 4 N–H and O–H groups in total. The fourth-order valence-electron chi connectivity index (χ4n) is 1.87. The van der Waals surface area contributed by atoms with Gasteiger partial charge in [-0.2, -0.15) is 0 Å². The number of benzene rings is 2. The highest BCUT2D eigenvalue weighted by molar-refractivity contribution is 7.80. The van der Waals surface area contributed by atoms with E-state index in [1.54, 1.807) is 0 Å². The number of thiocarbonyl (C=S) groups is 1. The number of nitrogens with one attached hydrogen (secondary N) is 2. The van der Waals surface area contributed by atoms with Crippen molar-refractivity contribution < 1.29 is 4.74 Å². The molecule has 0 saturated heterocycles. The second-order valence-corrected chi connectivity index (χ2v) is 5.22. The molecule has 0 spiro atoms. The number of hydrogen-bond donors (Lipinski definition) is 3. The van der Waals surface area contributed by atoms with Crippen LogP contribution in [0.25, 0.3) is 0 Å². The van der Waals surface area contributed by atoms with Gasteiger partial charge in [0.1, 0.15) is 12.4 Å². The molecule has 0 unspecified atom stereocenters. The predicted molar refractivity (Wildman–Crippen MR) is 93.7 cm³/mol. The Morgan fingerprint density at radius 3 is 2.36 bits per heavy atom. The number of nitrogens with two attached hydrogens (primary N) is 1. The topological polar surface area (TPSA) is 59.3 Å². The molecule has 116 valence electrons. The fourth-order valence-corrected chi connectivity index (χ4v) is 2.05. The van der Waals surface area contributed by atoms with Crippen LogP contribution in [-0.4, -0.2) is 18.2 Å². The van der Waals surface area contributed by atoms with Gasteiger partial charge in [-0.3, -0.25) is 0 Å². The van der Waals surface area contributed by atoms with Gasteiger partial charge in [0.25, 0.3) is 0 Å². The normalized spacial score (nSPS) is 10.0. The molecule has 0 heterocycles. The van der Waals surface area contributed by atoms with Crippen molar-refractivity contribution >= 4 is 17.3 Å². The van der Waals surface area contributed by atoms with E-state index in [0.717, 1.165) is 16.9 Å². The number of rotatable bonds is 7. The van der Waals surface area contributed by atoms with Gasteiger partial charge in [0.2, 0.25) is 0 Å². The van der Waals surface area contributed by atoms with E-state index < -0.39 is 0 Å². The van der Waals surface area contributed by atoms with Crippen molar-refractivity contribution in [2.45, 2.75) is 13.2 Å². The van der Waals surface area contributed by atoms with E-state index in [-0.39, 0.29) is 0 Å². The Balaban J connectivity index is 1.76. The van der Waals surface area contributed by atoms with Gasteiger partial charge in [-0.05, 0) is 35.5 Å². The van der Waals surface area contributed by atoms with E-state index in [2.05, 4.69) is 10.6 Å². The van der Waals surface area contributed by atoms with Crippen LogP contribution in [-0.2, 0) is 13.2 Å². The van der Waals surface area contributed by atoms with Crippen LogP contribution >= 0.6 is 12.2 Å².